The number of nitrogens with one attached hydrogen (secondary N) is 3. The van der Waals surface area contributed by atoms with E-state index in [9.17, 15) is 14.4 Å². The predicted molar refractivity (Wildman–Crippen MR) is 79.6 cm³/mol. The van der Waals surface area contributed by atoms with Gasteiger partial charge in [0.05, 0.1) is 5.56 Å². The number of hydrogen-bond acceptors (Lipinski definition) is 4. The largest absolute Gasteiger partial charge is 0.440 e. The van der Waals surface area contributed by atoms with Crippen LogP contribution in [0.2, 0.25) is 0 Å². The lowest BCUT2D eigenvalue weighted by molar-refractivity contribution is 0.0943. The Hall–Kier alpha value is -2.83. The lowest BCUT2D eigenvalue weighted by atomic mass is 10.0. The maximum absolute atomic E-state index is 12.0. The number of fused-ring (bicyclic) bond motifs is 2. The highest BCUT2D eigenvalue weighted by Gasteiger charge is 2.22. The highest BCUT2D eigenvalue weighted by atomic mass is 16.5. The molecule has 2 heterocycles. The van der Waals surface area contributed by atoms with Gasteiger partial charge < -0.3 is 10.1 Å². The fourth-order valence-electron chi connectivity index (χ4n) is 2.34. The third-order valence-electron chi connectivity index (χ3n) is 3.32. The molecule has 0 aliphatic carbocycles. The Bertz CT molecular complexity index is 864. The second kappa shape index (κ2) is 5.18. The predicted octanol–water partition coefficient (Wildman–Crippen LogP) is 0.898. The Kier molecular flexibility index (Phi) is 3.32. The van der Waals surface area contributed by atoms with Gasteiger partial charge in [-0.3, -0.25) is 19.6 Å². The molecule has 2 aromatic rings. The Labute approximate surface area is 125 Å². The van der Waals surface area contributed by atoms with Crippen LogP contribution in [-0.2, 0) is 6.42 Å². The van der Waals surface area contributed by atoms with Crippen LogP contribution in [0.4, 0.5) is 0 Å². The van der Waals surface area contributed by atoms with E-state index in [1.807, 2.05) is 13.8 Å². The molecule has 0 saturated carbocycles. The minimum absolute atomic E-state index is 0.0356. The smallest absolute Gasteiger partial charge is 0.328 e. The number of ether oxygens (including phenoxy) is 1. The second-order valence-corrected chi connectivity index (χ2v) is 5.45. The Balaban J connectivity index is 1.98. The third-order valence-corrected chi connectivity index (χ3v) is 3.32. The standard InChI is InChI=1S/C15H15N3O4/c1-7(2)16-12(19)8-3-4-11-9(5-8)6-10-13(20)17-15(21)18-14(10)22-11/h3-5,7H,6H2,1-2H3,(H,16,19)(H2,17,18,20,21). The maximum atomic E-state index is 12.0. The molecule has 0 fully saturated rings. The Morgan fingerprint density at radius 3 is 2.77 bits per heavy atom. The van der Waals surface area contributed by atoms with Crippen LogP contribution in [0.5, 0.6) is 11.6 Å². The first-order valence-electron chi connectivity index (χ1n) is 6.91. The van der Waals surface area contributed by atoms with Crippen LogP contribution in [-0.4, -0.2) is 21.9 Å². The van der Waals surface area contributed by atoms with Gasteiger partial charge in [-0.05, 0) is 32.0 Å². The molecule has 114 valence electrons. The summed E-state index contributed by atoms with van der Waals surface area (Å²) in [6.45, 7) is 3.76. The Morgan fingerprint density at radius 2 is 2.05 bits per heavy atom. The molecule has 1 amide bonds. The minimum atomic E-state index is -0.611. The van der Waals surface area contributed by atoms with E-state index in [0.717, 1.165) is 5.56 Å². The average Bonchev–Trinajstić information content (AvgIpc) is 2.44. The summed E-state index contributed by atoms with van der Waals surface area (Å²) in [7, 11) is 0. The van der Waals surface area contributed by atoms with Crippen molar-refractivity contribution in [1.82, 2.24) is 15.3 Å². The molecule has 0 bridgehead atoms. The monoisotopic (exact) mass is 301 g/mol. The van der Waals surface area contributed by atoms with E-state index >= 15 is 0 Å². The number of amides is 1. The molecule has 3 rings (SSSR count). The zero-order valence-electron chi connectivity index (χ0n) is 12.1. The fourth-order valence-corrected chi connectivity index (χ4v) is 2.34. The SMILES string of the molecule is CC(C)NC(=O)c1ccc2c(c1)Cc1c([nH]c(=O)[nH]c1=O)O2. The van der Waals surface area contributed by atoms with Crippen molar-refractivity contribution in [3.05, 3.63) is 55.7 Å². The quantitative estimate of drug-likeness (QED) is 0.654. The number of aromatic amines is 2. The minimum Gasteiger partial charge on any atom is -0.440 e. The van der Waals surface area contributed by atoms with E-state index in [4.69, 9.17) is 4.74 Å². The van der Waals surface area contributed by atoms with Crippen molar-refractivity contribution >= 4 is 5.91 Å². The van der Waals surface area contributed by atoms with Gasteiger partial charge in [-0.25, -0.2) is 4.79 Å². The molecule has 3 N–H and O–H groups in total. The van der Waals surface area contributed by atoms with Gasteiger partial charge in [-0.15, -0.1) is 0 Å². The summed E-state index contributed by atoms with van der Waals surface area (Å²) in [5, 5.41) is 2.81. The third kappa shape index (κ3) is 2.52. The number of carbonyl (C=O) groups excluding carboxylic acids is 1. The zero-order valence-corrected chi connectivity index (χ0v) is 12.1. The van der Waals surface area contributed by atoms with Crippen LogP contribution in [0, 0.1) is 0 Å². The first-order chi connectivity index (χ1) is 10.4. The van der Waals surface area contributed by atoms with Crippen LogP contribution < -0.4 is 21.3 Å². The van der Waals surface area contributed by atoms with Crippen LogP contribution >= 0.6 is 0 Å². The molecule has 0 atom stereocenters. The highest BCUT2D eigenvalue weighted by molar-refractivity contribution is 5.94. The zero-order chi connectivity index (χ0) is 15.9. The summed E-state index contributed by atoms with van der Waals surface area (Å²) in [5.74, 6) is 0.495. The molecule has 1 aliphatic heterocycles. The molecule has 22 heavy (non-hydrogen) atoms. The van der Waals surface area contributed by atoms with Gasteiger partial charge >= 0.3 is 5.69 Å². The van der Waals surface area contributed by atoms with Gasteiger partial charge in [0, 0.05) is 23.6 Å². The summed E-state index contributed by atoms with van der Waals surface area (Å²) in [6.07, 6.45) is 0.291. The lowest BCUT2D eigenvalue weighted by Gasteiger charge is -2.19. The summed E-state index contributed by atoms with van der Waals surface area (Å²) in [6, 6.07) is 5.04. The number of carbonyl (C=O) groups is 1. The fraction of sp³-hybridized carbons (Fsp3) is 0.267. The number of benzene rings is 1. The van der Waals surface area contributed by atoms with Gasteiger partial charge in [-0.1, -0.05) is 0 Å². The summed E-state index contributed by atoms with van der Waals surface area (Å²) in [5.41, 5.74) is 0.469. The molecule has 1 aromatic carbocycles. The van der Waals surface area contributed by atoms with Crippen molar-refractivity contribution in [3.63, 3.8) is 0 Å². The number of rotatable bonds is 2. The first kappa shape index (κ1) is 14.1. The van der Waals surface area contributed by atoms with Crippen molar-refractivity contribution in [2.45, 2.75) is 26.3 Å². The van der Waals surface area contributed by atoms with E-state index in [0.29, 0.717) is 23.3 Å². The van der Waals surface area contributed by atoms with Gasteiger partial charge in [0.1, 0.15) is 5.75 Å². The molecule has 1 aliphatic rings. The second-order valence-electron chi connectivity index (χ2n) is 5.45. The first-order valence-corrected chi connectivity index (χ1v) is 6.91. The van der Waals surface area contributed by atoms with E-state index in [2.05, 4.69) is 15.3 Å². The summed E-state index contributed by atoms with van der Waals surface area (Å²) < 4.78 is 5.55. The molecule has 7 heteroatoms. The molecule has 0 spiro atoms. The van der Waals surface area contributed by atoms with E-state index in [1.54, 1.807) is 18.2 Å². The van der Waals surface area contributed by atoms with Crippen LogP contribution in [0.1, 0.15) is 35.3 Å². The van der Waals surface area contributed by atoms with E-state index in [1.165, 1.54) is 0 Å². The summed E-state index contributed by atoms with van der Waals surface area (Å²) >= 11 is 0. The number of H-pyrrole nitrogens is 2. The molecule has 1 aromatic heterocycles. The molecular formula is C15H15N3O4. The van der Waals surface area contributed by atoms with Crippen molar-refractivity contribution in [3.8, 4) is 11.6 Å². The van der Waals surface area contributed by atoms with Crippen molar-refractivity contribution in [2.24, 2.45) is 0 Å². The van der Waals surface area contributed by atoms with Gasteiger partial charge in [-0.2, -0.15) is 0 Å². The van der Waals surface area contributed by atoms with Crippen LogP contribution in [0.25, 0.3) is 0 Å². The van der Waals surface area contributed by atoms with Crippen molar-refractivity contribution < 1.29 is 9.53 Å². The maximum Gasteiger partial charge on any atom is 0.328 e. The van der Waals surface area contributed by atoms with Gasteiger partial charge in [0.25, 0.3) is 11.5 Å². The van der Waals surface area contributed by atoms with Crippen LogP contribution in [0.15, 0.2) is 27.8 Å². The van der Waals surface area contributed by atoms with E-state index < -0.39 is 11.2 Å². The number of hydrogen-bond donors (Lipinski definition) is 3. The van der Waals surface area contributed by atoms with Gasteiger partial charge in [0.2, 0.25) is 5.88 Å². The molecule has 0 radical (unpaired) electrons. The average molecular weight is 301 g/mol. The topological polar surface area (TPSA) is 104 Å². The normalized spacial score (nSPS) is 12.3. The van der Waals surface area contributed by atoms with Gasteiger partial charge in [0.15, 0.2) is 0 Å². The lowest BCUT2D eigenvalue weighted by Crippen LogP contribution is -2.30. The van der Waals surface area contributed by atoms with Crippen LogP contribution in [0.3, 0.4) is 0 Å². The Morgan fingerprint density at radius 1 is 1.27 bits per heavy atom. The van der Waals surface area contributed by atoms with Crippen molar-refractivity contribution in [1.29, 1.82) is 0 Å². The number of aromatic nitrogens is 2. The van der Waals surface area contributed by atoms with E-state index in [-0.39, 0.29) is 17.8 Å². The van der Waals surface area contributed by atoms with Crippen molar-refractivity contribution in [2.75, 3.05) is 0 Å². The molecule has 0 saturated heterocycles. The highest BCUT2D eigenvalue weighted by Crippen LogP contribution is 2.33. The molecular weight excluding hydrogens is 286 g/mol. The summed E-state index contributed by atoms with van der Waals surface area (Å²) in [4.78, 5) is 39.8. The molecule has 7 nitrogen and oxygen atoms in total. The molecule has 0 unspecified atom stereocenters.